The first-order valence-corrected chi connectivity index (χ1v) is 10.4. The molecule has 3 aromatic rings. The Hall–Kier alpha value is -3.99. The van der Waals surface area contributed by atoms with Crippen LogP contribution in [0.2, 0.25) is 0 Å². The van der Waals surface area contributed by atoms with Crippen molar-refractivity contribution in [2.24, 2.45) is 0 Å². The van der Waals surface area contributed by atoms with Gasteiger partial charge < -0.3 is 24.4 Å². The Kier molecular flexibility index (Phi) is 6.79. The summed E-state index contributed by atoms with van der Waals surface area (Å²) >= 11 is 0. The van der Waals surface area contributed by atoms with Crippen LogP contribution in [0.5, 0.6) is 17.4 Å². The number of hydrogen-bond donors (Lipinski definition) is 2. The zero-order chi connectivity index (χ0) is 23.2. The van der Waals surface area contributed by atoms with Crippen molar-refractivity contribution in [1.82, 2.24) is 25.1 Å². The molecule has 4 rings (SSSR count). The monoisotopic (exact) mass is 452 g/mol. The quantitative estimate of drug-likeness (QED) is 0.506. The number of nitrogens with zero attached hydrogens (tertiary/aromatic N) is 4. The Labute approximate surface area is 190 Å². The van der Waals surface area contributed by atoms with E-state index in [1.54, 1.807) is 36.3 Å². The second-order valence-electron chi connectivity index (χ2n) is 7.49. The van der Waals surface area contributed by atoms with Gasteiger partial charge in [0.2, 0.25) is 5.88 Å². The van der Waals surface area contributed by atoms with Gasteiger partial charge in [0, 0.05) is 37.9 Å². The van der Waals surface area contributed by atoms with Crippen LogP contribution in [0.1, 0.15) is 34.2 Å². The van der Waals surface area contributed by atoms with Gasteiger partial charge in [-0.3, -0.25) is 14.7 Å². The number of methoxy groups -OCH3 is 1. The summed E-state index contributed by atoms with van der Waals surface area (Å²) in [5.74, 6) is 0.843. The van der Waals surface area contributed by atoms with Gasteiger partial charge in [-0.1, -0.05) is 0 Å². The summed E-state index contributed by atoms with van der Waals surface area (Å²) in [6, 6.07) is 6.43. The molecule has 1 aliphatic heterocycles. The Balaban J connectivity index is 1.53. The molecule has 1 fully saturated rings. The number of likely N-dealkylation sites (tertiary alicyclic amines) is 1. The van der Waals surface area contributed by atoms with Crippen LogP contribution in [-0.4, -0.2) is 69.8 Å². The summed E-state index contributed by atoms with van der Waals surface area (Å²) in [4.78, 5) is 35.0. The zero-order valence-corrected chi connectivity index (χ0v) is 18.3. The van der Waals surface area contributed by atoms with Crippen molar-refractivity contribution in [1.29, 1.82) is 0 Å². The number of carbonyl (C=O) groups excluding carboxylic acids is 2. The average Bonchev–Trinajstić information content (AvgIpc) is 3.26. The summed E-state index contributed by atoms with van der Waals surface area (Å²) in [7, 11) is 1.58. The number of rotatable bonds is 9. The summed E-state index contributed by atoms with van der Waals surface area (Å²) in [5, 5.41) is 9.20. The van der Waals surface area contributed by atoms with Gasteiger partial charge in [-0.05, 0) is 25.5 Å². The highest BCUT2D eigenvalue weighted by atomic mass is 16.5. The number of benzene rings is 1. The third-order valence-electron chi connectivity index (χ3n) is 4.84. The summed E-state index contributed by atoms with van der Waals surface area (Å²) in [6.07, 6.45) is 5.03. The van der Waals surface area contributed by atoms with E-state index in [-0.39, 0.29) is 29.5 Å². The molecular weight excluding hydrogens is 428 g/mol. The van der Waals surface area contributed by atoms with Crippen LogP contribution in [0.15, 0.2) is 42.9 Å². The van der Waals surface area contributed by atoms with Crippen molar-refractivity contribution in [3.8, 4) is 17.4 Å². The molecule has 1 aromatic carbocycles. The maximum atomic E-state index is 12.7. The second-order valence-corrected chi connectivity index (χ2v) is 7.49. The Morgan fingerprint density at radius 1 is 1.18 bits per heavy atom. The summed E-state index contributed by atoms with van der Waals surface area (Å²) in [5.41, 5.74) is 0.561. The minimum absolute atomic E-state index is 0.152. The van der Waals surface area contributed by atoms with Crippen LogP contribution in [0.25, 0.3) is 0 Å². The zero-order valence-electron chi connectivity index (χ0n) is 18.3. The highest BCUT2D eigenvalue weighted by Crippen LogP contribution is 2.28. The first-order valence-electron chi connectivity index (χ1n) is 10.4. The van der Waals surface area contributed by atoms with E-state index in [0.29, 0.717) is 29.5 Å². The first kappa shape index (κ1) is 22.2. The van der Waals surface area contributed by atoms with Crippen LogP contribution in [0.4, 0.5) is 5.82 Å². The molecule has 11 heteroatoms. The van der Waals surface area contributed by atoms with Crippen molar-refractivity contribution in [2.45, 2.75) is 19.4 Å². The minimum Gasteiger partial charge on any atom is -0.488 e. The molecule has 11 nitrogen and oxygen atoms in total. The van der Waals surface area contributed by atoms with Crippen LogP contribution >= 0.6 is 0 Å². The molecule has 172 valence electrons. The van der Waals surface area contributed by atoms with E-state index in [2.05, 4.69) is 25.5 Å². The molecule has 1 aliphatic rings. The van der Waals surface area contributed by atoms with Crippen molar-refractivity contribution in [3.05, 3.63) is 54.1 Å². The molecule has 2 N–H and O–H groups in total. The lowest BCUT2D eigenvalue weighted by Crippen LogP contribution is -2.42. The maximum Gasteiger partial charge on any atom is 0.274 e. The number of hydrogen-bond acceptors (Lipinski definition) is 8. The Morgan fingerprint density at radius 2 is 2.00 bits per heavy atom. The predicted molar refractivity (Wildman–Crippen MR) is 118 cm³/mol. The number of nitrogens with one attached hydrogen (secondary N) is 2. The third kappa shape index (κ3) is 5.63. The smallest absolute Gasteiger partial charge is 0.274 e. The largest absolute Gasteiger partial charge is 0.488 e. The van der Waals surface area contributed by atoms with Gasteiger partial charge in [0.25, 0.3) is 11.8 Å². The van der Waals surface area contributed by atoms with Crippen LogP contribution in [0, 0.1) is 0 Å². The highest BCUT2D eigenvalue weighted by molar-refractivity contribution is 6.04. The maximum absolute atomic E-state index is 12.7. The summed E-state index contributed by atoms with van der Waals surface area (Å²) < 4.78 is 16.8. The molecule has 33 heavy (non-hydrogen) atoms. The molecule has 2 aromatic heterocycles. The van der Waals surface area contributed by atoms with E-state index in [4.69, 9.17) is 14.2 Å². The van der Waals surface area contributed by atoms with Gasteiger partial charge in [0.1, 0.15) is 29.1 Å². The molecule has 0 unspecified atom stereocenters. The fourth-order valence-electron chi connectivity index (χ4n) is 3.13. The number of aromatic amines is 1. The van der Waals surface area contributed by atoms with Crippen molar-refractivity contribution >= 4 is 17.6 Å². The van der Waals surface area contributed by atoms with Gasteiger partial charge in [-0.15, -0.1) is 0 Å². The van der Waals surface area contributed by atoms with E-state index in [1.807, 2.05) is 6.92 Å². The van der Waals surface area contributed by atoms with Gasteiger partial charge in [0.05, 0.1) is 25.2 Å². The standard InChI is InChI=1S/C22H24N6O5/c1-14(13-31-2)32-16-8-15(21(29)26-19-4-5-25-27-19)9-17(10-16)33-20-12-23-18(11-24-20)22(30)28-6-3-7-28/h4-5,8-12,14H,3,6-7,13H2,1-2H3,(H2,25,26,27,29)/t14-/m0/s1. The second kappa shape index (κ2) is 10.1. The van der Waals surface area contributed by atoms with Gasteiger partial charge in [-0.25, -0.2) is 9.97 Å². The molecule has 0 bridgehead atoms. The normalized spacial score (nSPS) is 13.7. The lowest BCUT2D eigenvalue weighted by molar-refractivity contribution is 0.0645. The van der Waals surface area contributed by atoms with Crippen LogP contribution in [-0.2, 0) is 4.74 Å². The van der Waals surface area contributed by atoms with E-state index in [1.165, 1.54) is 18.6 Å². The lowest BCUT2D eigenvalue weighted by Gasteiger charge is -2.30. The summed E-state index contributed by atoms with van der Waals surface area (Å²) in [6.45, 7) is 3.69. The number of ether oxygens (including phenoxy) is 3. The Bertz CT molecular complexity index is 1100. The molecule has 3 heterocycles. The number of aromatic nitrogens is 4. The molecule has 0 aliphatic carbocycles. The Morgan fingerprint density at radius 3 is 2.64 bits per heavy atom. The van der Waals surface area contributed by atoms with Gasteiger partial charge in [-0.2, -0.15) is 5.10 Å². The minimum atomic E-state index is -0.379. The molecule has 0 spiro atoms. The van der Waals surface area contributed by atoms with E-state index >= 15 is 0 Å². The van der Waals surface area contributed by atoms with Crippen molar-refractivity contribution in [2.75, 3.05) is 32.1 Å². The van der Waals surface area contributed by atoms with Crippen LogP contribution in [0.3, 0.4) is 0 Å². The van der Waals surface area contributed by atoms with E-state index in [0.717, 1.165) is 19.5 Å². The number of H-pyrrole nitrogens is 1. The van der Waals surface area contributed by atoms with E-state index in [9.17, 15) is 9.59 Å². The molecule has 0 saturated carbocycles. The van der Waals surface area contributed by atoms with Crippen molar-refractivity contribution in [3.63, 3.8) is 0 Å². The number of amides is 2. The predicted octanol–water partition coefficient (Wildman–Crippen LogP) is 2.50. The average molecular weight is 452 g/mol. The SMILES string of the molecule is COC[C@H](C)Oc1cc(Oc2cnc(C(=O)N3CCC3)cn2)cc(C(=O)Nc2ccn[nH]2)c1. The molecule has 0 radical (unpaired) electrons. The fourth-order valence-corrected chi connectivity index (χ4v) is 3.13. The molecular formula is C22H24N6O5. The molecule has 1 saturated heterocycles. The van der Waals surface area contributed by atoms with Gasteiger partial charge >= 0.3 is 0 Å². The molecule has 1 atom stereocenters. The van der Waals surface area contributed by atoms with Crippen molar-refractivity contribution < 1.29 is 23.8 Å². The first-order chi connectivity index (χ1) is 16.0. The fraction of sp³-hybridized carbons (Fsp3) is 0.318. The topological polar surface area (TPSA) is 132 Å². The molecule has 2 amide bonds. The third-order valence-corrected chi connectivity index (χ3v) is 4.84. The van der Waals surface area contributed by atoms with Crippen LogP contribution < -0.4 is 14.8 Å². The highest BCUT2D eigenvalue weighted by Gasteiger charge is 2.23. The number of carbonyl (C=O) groups is 2. The lowest BCUT2D eigenvalue weighted by atomic mass is 10.2. The van der Waals surface area contributed by atoms with Gasteiger partial charge in [0.15, 0.2) is 0 Å². The van der Waals surface area contributed by atoms with E-state index < -0.39 is 0 Å². The number of anilines is 1.